The number of hydrogen-bond acceptors (Lipinski definition) is 6. The van der Waals surface area contributed by atoms with Gasteiger partial charge in [0.2, 0.25) is 6.29 Å². The minimum Gasteiger partial charge on any atom is -0.455 e. The predicted molar refractivity (Wildman–Crippen MR) is 112 cm³/mol. The molecule has 0 aromatic rings. The largest absolute Gasteiger partial charge is 0.455 e. The molecule has 6 nitrogen and oxygen atoms in total. The molecule has 31 heavy (non-hydrogen) atoms. The number of ketones is 1. The topological polar surface area (TPSA) is 78.9 Å². The summed E-state index contributed by atoms with van der Waals surface area (Å²) in [4.78, 5) is 37.8. The van der Waals surface area contributed by atoms with Crippen molar-refractivity contribution in [3.63, 3.8) is 0 Å². The van der Waals surface area contributed by atoms with Crippen LogP contribution in [0.3, 0.4) is 0 Å². The molecular formula is C24H29ClO6. The van der Waals surface area contributed by atoms with Gasteiger partial charge in [-0.3, -0.25) is 14.4 Å². The van der Waals surface area contributed by atoms with E-state index in [1.54, 1.807) is 6.92 Å². The summed E-state index contributed by atoms with van der Waals surface area (Å²) in [7, 11) is 0. The van der Waals surface area contributed by atoms with E-state index in [0.717, 1.165) is 16.7 Å². The highest BCUT2D eigenvalue weighted by molar-refractivity contribution is 6.37. The second-order valence-electron chi connectivity index (χ2n) is 10.8. The zero-order chi connectivity index (χ0) is 22.7. The second kappa shape index (κ2) is 6.02. The van der Waals surface area contributed by atoms with Crippen molar-refractivity contribution in [1.29, 1.82) is 0 Å². The highest BCUT2D eigenvalue weighted by atomic mass is 35.5. The molecule has 0 aromatic heterocycles. The average molecular weight is 449 g/mol. The molecule has 0 spiro atoms. The highest BCUT2D eigenvalue weighted by Gasteiger charge is 2.77. The van der Waals surface area contributed by atoms with E-state index in [1.807, 2.05) is 34.6 Å². The molecule has 3 heterocycles. The Hall–Kier alpha value is -1.66. The maximum absolute atomic E-state index is 13.7. The Kier molecular flexibility index (Phi) is 4.11. The van der Waals surface area contributed by atoms with Gasteiger partial charge in [0.1, 0.15) is 16.6 Å². The van der Waals surface area contributed by atoms with Gasteiger partial charge < -0.3 is 14.2 Å². The van der Waals surface area contributed by atoms with Gasteiger partial charge in [0.05, 0.1) is 17.8 Å². The molecule has 0 aromatic carbocycles. The summed E-state index contributed by atoms with van der Waals surface area (Å²) < 4.78 is 17.1. The Balaban J connectivity index is 1.77. The minimum atomic E-state index is -1.33. The molecule has 5 rings (SSSR count). The van der Waals surface area contributed by atoms with Gasteiger partial charge in [-0.15, -0.1) is 11.6 Å². The molecule has 7 unspecified atom stereocenters. The number of esters is 2. The van der Waals surface area contributed by atoms with Gasteiger partial charge in [-0.25, -0.2) is 0 Å². The first-order valence-electron chi connectivity index (χ1n) is 11.0. The highest BCUT2D eigenvalue weighted by Crippen LogP contribution is 2.70. The molecule has 0 amide bonds. The molecule has 0 radical (unpaired) electrons. The predicted octanol–water partition coefficient (Wildman–Crippen LogP) is 3.86. The maximum Gasteiger partial charge on any atom is 0.314 e. The van der Waals surface area contributed by atoms with Gasteiger partial charge in [0, 0.05) is 5.41 Å². The van der Waals surface area contributed by atoms with Gasteiger partial charge in [0.25, 0.3) is 0 Å². The van der Waals surface area contributed by atoms with E-state index >= 15 is 0 Å². The number of ether oxygens (including phenoxy) is 3. The Morgan fingerprint density at radius 2 is 1.81 bits per heavy atom. The molecule has 2 aliphatic carbocycles. The number of cyclic esters (lactones) is 1. The number of hydrogen-bond donors (Lipinski definition) is 0. The second-order valence-corrected chi connectivity index (χ2v) is 11.4. The summed E-state index contributed by atoms with van der Waals surface area (Å²) in [6, 6.07) is 0. The molecule has 3 aliphatic heterocycles. The third-order valence-corrected chi connectivity index (χ3v) is 9.62. The number of carbonyl (C=O) groups excluding carboxylic acids is 3. The molecule has 5 aliphatic rings. The molecule has 0 bridgehead atoms. The third kappa shape index (κ3) is 2.36. The summed E-state index contributed by atoms with van der Waals surface area (Å²) in [6.07, 6.45) is 1.71. The molecule has 4 fully saturated rings. The molecule has 7 atom stereocenters. The molecule has 1 saturated carbocycles. The van der Waals surface area contributed by atoms with Crippen LogP contribution in [-0.2, 0) is 28.6 Å². The van der Waals surface area contributed by atoms with Crippen molar-refractivity contribution in [3.8, 4) is 0 Å². The lowest BCUT2D eigenvalue weighted by Gasteiger charge is -2.61. The van der Waals surface area contributed by atoms with Gasteiger partial charge in [-0.2, -0.15) is 0 Å². The van der Waals surface area contributed by atoms with Crippen LogP contribution in [0.1, 0.15) is 60.8 Å². The quantitative estimate of drug-likeness (QED) is 0.413. The Morgan fingerprint density at radius 3 is 2.48 bits per heavy atom. The molecule has 0 N–H and O–H groups in total. The molecular weight excluding hydrogens is 420 g/mol. The number of fused-ring (bicyclic) bond motifs is 3. The van der Waals surface area contributed by atoms with Crippen LogP contribution in [0, 0.1) is 22.7 Å². The lowest BCUT2D eigenvalue weighted by Crippen LogP contribution is -2.70. The van der Waals surface area contributed by atoms with Crippen LogP contribution in [0.4, 0.5) is 0 Å². The van der Waals surface area contributed by atoms with Crippen molar-refractivity contribution in [2.75, 3.05) is 0 Å². The van der Waals surface area contributed by atoms with E-state index in [4.69, 9.17) is 25.8 Å². The number of allylic oxidation sites excluding steroid dienone is 2. The first-order valence-corrected chi connectivity index (χ1v) is 11.4. The van der Waals surface area contributed by atoms with Crippen LogP contribution >= 0.6 is 11.6 Å². The Bertz CT molecular complexity index is 994. The van der Waals surface area contributed by atoms with Crippen LogP contribution in [0.15, 0.2) is 22.8 Å². The number of alkyl halides is 1. The summed E-state index contributed by atoms with van der Waals surface area (Å²) in [5.41, 5.74) is 0.558. The van der Waals surface area contributed by atoms with Gasteiger partial charge in [0.15, 0.2) is 5.78 Å². The molecule has 3 saturated heterocycles. The fourth-order valence-corrected chi connectivity index (χ4v) is 7.78. The lowest BCUT2D eigenvalue weighted by atomic mass is 9.45. The van der Waals surface area contributed by atoms with Crippen LogP contribution in [-0.4, -0.2) is 40.6 Å². The van der Waals surface area contributed by atoms with Crippen LogP contribution in [0.5, 0.6) is 0 Å². The first-order chi connectivity index (χ1) is 14.3. The first kappa shape index (κ1) is 21.2. The maximum atomic E-state index is 13.7. The van der Waals surface area contributed by atoms with Crippen molar-refractivity contribution >= 4 is 29.3 Å². The van der Waals surface area contributed by atoms with Crippen molar-refractivity contribution in [1.82, 2.24) is 0 Å². The SMILES string of the molecule is CC1=C2CC(=O)OC(C)(C)C2=CCC2(C)C1CC1(C)C(=O)OC3OC(C)C(=O)C2(Cl)C31. The summed E-state index contributed by atoms with van der Waals surface area (Å²) >= 11 is 7.44. The van der Waals surface area contributed by atoms with E-state index in [-0.39, 0.29) is 30.1 Å². The standard InChI is InChI=1S/C24H29ClO6/c1-11-13-9-16(26)31-21(3,4)14(13)7-8-23(6)15(11)10-22(5)17-19(30-20(22)28)29-12(2)18(27)24(17,23)25/h7,12,15,17,19H,8-10H2,1-6H3. The minimum absolute atomic E-state index is 0.169. The average Bonchev–Trinajstić information content (AvgIpc) is 2.84. The van der Waals surface area contributed by atoms with Crippen molar-refractivity contribution < 1.29 is 28.6 Å². The van der Waals surface area contributed by atoms with E-state index < -0.39 is 39.6 Å². The smallest absolute Gasteiger partial charge is 0.314 e. The monoisotopic (exact) mass is 448 g/mol. The number of Topliss-reactive ketones (excluding diaryl/α,β-unsaturated/α-hetero) is 1. The van der Waals surface area contributed by atoms with Gasteiger partial charge >= 0.3 is 11.9 Å². The number of rotatable bonds is 0. The van der Waals surface area contributed by atoms with E-state index in [0.29, 0.717) is 12.8 Å². The number of carbonyl (C=O) groups is 3. The molecule has 168 valence electrons. The normalized spacial score (nSPS) is 48.1. The van der Waals surface area contributed by atoms with Crippen molar-refractivity contribution in [3.05, 3.63) is 22.8 Å². The van der Waals surface area contributed by atoms with E-state index in [9.17, 15) is 14.4 Å². The van der Waals surface area contributed by atoms with E-state index in [1.165, 1.54) is 0 Å². The fourth-order valence-electron chi connectivity index (χ4n) is 7.08. The number of halogens is 1. The Labute approximate surface area is 187 Å². The Morgan fingerprint density at radius 1 is 1.13 bits per heavy atom. The zero-order valence-corrected chi connectivity index (χ0v) is 19.6. The molecule has 7 heteroatoms. The van der Waals surface area contributed by atoms with Crippen molar-refractivity contribution in [2.45, 2.75) is 83.7 Å². The van der Waals surface area contributed by atoms with Crippen LogP contribution in [0.2, 0.25) is 0 Å². The lowest BCUT2D eigenvalue weighted by molar-refractivity contribution is -0.212. The fraction of sp³-hybridized carbons (Fsp3) is 0.708. The van der Waals surface area contributed by atoms with Crippen LogP contribution in [0.25, 0.3) is 0 Å². The van der Waals surface area contributed by atoms with E-state index in [2.05, 4.69) is 6.08 Å². The summed E-state index contributed by atoms with van der Waals surface area (Å²) in [5.74, 6) is -1.56. The summed E-state index contributed by atoms with van der Waals surface area (Å²) in [5, 5.41) is 0. The van der Waals surface area contributed by atoms with Gasteiger partial charge in [-0.1, -0.05) is 18.6 Å². The zero-order valence-electron chi connectivity index (χ0n) is 18.8. The van der Waals surface area contributed by atoms with Crippen molar-refractivity contribution in [2.24, 2.45) is 22.7 Å². The summed E-state index contributed by atoms with van der Waals surface area (Å²) in [6.45, 7) is 11.4. The third-order valence-electron chi connectivity index (χ3n) is 8.76. The van der Waals surface area contributed by atoms with Crippen LogP contribution < -0.4 is 0 Å². The van der Waals surface area contributed by atoms with Gasteiger partial charge in [-0.05, 0) is 64.5 Å².